The predicted molar refractivity (Wildman–Crippen MR) is 36.5 cm³/mol. The van der Waals surface area contributed by atoms with Crippen molar-refractivity contribution in [1.29, 1.82) is 0 Å². The minimum absolute atomic E-state index is 0.717. The van der Waals surface area contributed by atoms with E-state index in [2.05, 4.69) is 0 Å². The van der Waals surface area contributed by atoms with Crippen LogP contribution in [-0.2, 0) is 0 Å². The Kier molecular flexibility index (Phi) is 1.77. The van der Waals surface area contributed by atoms with Crippen LogP contribution in [0.1, 0.15) is 0 Å². The Labute approximate surface area is 58.0 Å². The van der Waals surface area contributed by atoms with Gasteiger partial charge in [-0.2, -0.15) is 0 Å². The molecule has 1 aromatic rings. The van der Waals surface area contributed by atoms with Gasteiger partial charge in [-0.25, -0.2) is 0 Å². The summed E-state index contributed by atoms with van der Waals surface area (Å²) in [4.78, 5) is 0. The third-order valence-electron chi connectivity index (χ3n) is 0.804. The lowest BCUT2D eigenvalue weighted by Crippen LogP contribution is -1.60. The Morgan fingerprint density at radius 3 is 1.25 bits per heavy atom. The van der Waals surface area contributed by atoms with Crippen LogP contribution in [-0.4, -0.2) is 0 Å². The van der Waals surface area contributed by atoms with Gasteiger partial charge >= 0.3 is 0 Å². The molecule has 0 saturated heterocycles. The van der Waals surface area contributed by atoms with E-state index < -0.39 is 0 Å². The molecule has 0 bridgehead atoms. The molecule has 0 nitrogen and oxygen atoms in total. The van der Waals surface area contributed by atoms with E-state index in [0.717, 1.165) is 10.0 Å². The standard InChI is InChI=1S/C6H4Cl2/c7-5-1-2-6(8)4-3-5/h1-4H/i1+2,2+2,3+2,4+2,5+2,6+2. The predicted octanol–water partition coefficient (Wildman–Crippen LogP) is 2.99. The van der Waals surface area contributed by atoms with Gasteiger partial charge in [0.05, 0.1) is 0 Å². The molecular formula is C6H4Cl2. The van der Waals surface area contributed by atoms with Gasteiger partial charge in [0, 0.05) is 10.0 Å². The summed E-state index contributed by atoms with van der Waals surface area (Å²) < 4.78 is 0. The molecule has 0 aliphatic heterocycles. The maximum atomic E-state index is 5.55. The van der Waals surface area contributed by atoms with Crippen molar-refractivity contribution in [2.24, 2.45) is 0 Å². The summed E-state index contributed by atoms with van der Waals surface area (Å²) >= 11 is 11.1. The molecule has 1 aromatic carbocycles. The molecule has 0 amide bonds. The highest BCUT2D eigenvalue weighted by Gasteiger charge is 1.83. The minimum atomic E-state index is 0.717. The van der Waals surface area contributed by atoms with Crippen molar-refractivity contribution in [2.75, 3.05) is 0 Å². The first kappa shape index (κ1) is 5.93. The monoisotopic (exact) mass is 158 g/mol. The Hall–Kier alpha value is -0.200. The number of hydrogen-bond acceptors (Lipinski definition) is 0. The van der Waals surface area contributed by atoms with Crippen LogP contribution in [0.5, 0.6) is 0 Å². The molecule has 1 rings (SSSR count). The molecule has 0 atom stereocenters. The second kappa shape index (κ2) is 2.38. The van der Waals surface area contributed by atoms with Crippen molar-refractivity contribution in [2.45, 2.75) is 0 Å². The lowest BCUT2D eigenvalue weighted by molar-refractivity contribution is 1.71. The van der Waals surface area contributed by atoms with E-state index >= 15 is 0 Å². The highest BCUT2D eigenvalue weighted by molar-refractivity contribution is 6.32. The molecule has 2 heteroatoms. The molecule has 0 aliphatic rings. The SMILES string of the molecule is Cl[14c]1[14cH][14cH][14c](Cl)[14cH][14cH]1. The van der Waals surface area contributed by atoms with E-state index in [4.69, 9.17) is 23.2 Å². The summed E-state index contributed by atoms with van der Waals surface area (Å²) in [7, 11) is 0. The fraction of sp³-hybridized carbons (Fsp3) is 0. The first-order valence-electron chi connectivity index (χ1n) is 2.20. The summed E-state index contributed by atoms with van der Waals surface area (Å²) in [5, 5.41) is 1.43. The van der Waals surface area contributed by atoms with Crippen LogP contribution >= 0.6 is 23.2 Å². The Morgan fingerprint density at radius 1 is 0.750 bits per heavy atom. The van der Waals surface area contributed by atoms with Crippen LogP contribution < -0.4 is 0 Å². The number of halogens is 2. The zero-order valence-corrected chi connectivity index (χ0v) is 5.58. The average molecular weight is 159 g/mol. The van der Waals surface area contributed by atoms with Crippen LogP contribution in [0.25, 0.3) is 0 Å². The van der Waals surface area contributed by atoms with Crippen molar-refractivity contribution in [3.05, 3.63) is 34.3 Å². The first-order valence-corrected chi connectivity index (χ1v) is 2.96. The Bertz CT molecular complexity index is 145. The van der Waals surface area contributed by atoms with E-state index in [1.165, 1.54) is 0 Å². The van der Waals surface area contributed by atoms with Gasteiger partial charge in [0.2, 0.25) is 0 Å². The quantitative estimate of drug-likeness (QED) is 0.545. The summed E-state index contributed by atoms with van der Waals surface area (Å²) in [5.41, 5.74) is 0. The van der Waals surface area contributed by atoms with Crippen molar-refractivity contribution in [1.82, 2.24) is 0 Å². The number of hydrogen-bond donors (Lipinski definition) is 0. The molecule has 0 fully saturated rings. The van der Waals surface area contributed by atoms with Crippen molar-refractivity contribution in [3.63, 3.8) is 0 Å². The Morgan fingerprint density at radius 2 is 1.00 bits per heavy atom. The summed E-state index contributed by atoms with van der Waals surface area (Å²) in [6, 6.07) is 7.02. The van der Waals surface area contributed by atoms with Gasteiger partial charge in [-0.15, -0.1) is 0 Å². The van der Waals surface area contributed by atoms with Crippen molar-refractivity contribution < 1.29 is 0 Å². The molecular weight excluding hydrogens is 155 g/mol. The lowest BCUT2D eigenvalue weighted by atomic mass is 12.4. The van der Waals surface area contributed by atoms with E-state index in [1.54, 1.807) is 24.3 Å². The molecule has 0 radical (unpaired) electrons. The second-order valence-corrected chi connectivity index (χ2v) is 2.31. The fourth-order valence-electron chi connectivity index (χ4n) is 0.430. The van der Waals surface area contributed by atoms with Gasteiger partial charge in [-0.05, 0) is 24.3 Å². The van der Waals surface area contributed by atoms with Gasteiger partial charge in [-0.3, -0.25) is 0 Å². The zero-order chi connectivity index (χ0) is 5.98. The maximum Gasteiger partial charge on any atom is 0.0407 e. The third-order valence-corrected chi connectivity index (χ3v) is 1.31. The van der Waals surface area contributed by atoms with Crippen molar-refractivity contribution >= 4 is 23.2 Å². The lowest BCUT2D eigenvalue weighted by Gasteiger charge is -1.86. The first-order chi connectivity index (χ1) is 3.79. The maximum absolute atomic E-state index is 5.55. The van der Waals surface area contributed by atoms with Crippen molar-refractivity contribution in [3.8, 4) is 0 Å². The van der Waals surface area contributed by atoms with Crippen LogP contribution in [0, 0.1) is 0 Å². The van der Waals surface area contributed by atoms with Crippen LogP contribution in [0.2, 0.25) is 10.0 Å². The number of benzene rings is 1. The average Bonchev–Trinajstić information content (AvgIpc) is 1.77. The van der Waals surface area contributed by atoms with E-state index in [1.807, 2.05) is 0 Å². The highest BCUT2D eigenvalue weighted by Crippen LogP contribution is 2.12. The largest absolute Gasteiger partial charge is 0.0843 e. The molecule has 0 aromatic heterocycles. The summed E-state index contributed by atoms with van der Waals surface area (Å²) in [6.45, 7) is 0. The van der Waals surface area contributed by atoms with Gasteiger partial charge in [0.25, 0.3) is 0 Å². The molecule has 0 N–H and O–H groups in total. The summed E-state index contributed by atoms with van der Waals surface area (Å²) in [6.07, 6.45) is 0. The molecule has 0 aliphatic carbocycles. The molecule has 0 saturated carbocycles. The number of rotatable bonds is 0. The second-order valence-electron chi connectivity index (χ2n) is 1.44. The van der Waals surface area contributed by atoms with Gasteiger partial charge < -0.3 is 0 Å². The summed E-state index contributed by atoms with van der Waals surface area (Å²) in [5.74, 6) is 0. The van der Waals surface area contributed by atoms with Crippen LogP contribution in [0.3, 0.4) is 0 Å². The smallest absolute Gasteiger partial charge is 0.0407 e. The third kappa shape index (κ3) is 1.39. The highest BCUT2D eigenvalue weighted by atomic mass is 35.5. The molecule has 8 heavy (non-hydrogen) atoms. The topological polar surface area (TPSA) is 0 Å². The molecule has 0 heterocycles. The van der Waals surface area contributed by atoms with E-state index in [0.29, 0.717) is 0 Å². The normalized spacial score (nSPS) is 9.25. The van der Waals surface area contributed by atoms with Gasteiger partial charge in [0.15, 0.2) is 0 Å². The van der Waals surface area contributed by atoms with Gasteiger partial charge in [-0.1, -0.05) is 23.2 Å². The van der Waals surface area contributed by atoms with Crippen LogP contribution in [0.4, 0.5) is 0 Å². The minimum Gasteiger partial charge on any atom is -0.0843 e. The molecule has 0 spiro atoms. The molecule has 42 valence electrons. The molecule has 0 unspecified atom stereocenters. The van der Waals surface area contributed by atoms with E-state index in [-0.39, 0.29) is 0 Å². The Balaban J connectivity index is 3.03. The fourth-order valence-corrected chi connectivity index (χ4v) is 0.682. The van der Waals surface area contributed by atoms with Crippen LogP contribution in [0.15, 0.2) is 24.3 Å². The van der Waals surface area contributed by atoms with Gasteiger partial charge in [0.1, 0.15) is 0 Å². The zero-order valence-electron chi connectivity index (χ0n) is 4.07. The van der Waals surface area contributed by atoms with E-state index in [9.17, 15) is 0 Å².